The number of carbonyl (C=O) groups excluding carboxylic acids is 3. The second-order valence-corrected chi connectivity index (χ2v) is 9.17. The number of benzene rings is 2. The van der Waals surface area contributed by atoms with E-state index in [-0.39, 0.29) is 17.3 Å². The Bertz CT molecular complexity index is 1340. The fourth-order valence-electron chi connectivity index (χ4n) is 6.16. The molecular weight excluding hydrogens is 412 g/mol. The molecule has 5 nitrogen and oxygen atoms in total. The summed E-state index contributed by atoms with van der Waals surface area (Å²) in [7, 11) is 0. The molecular formula is C28H22N2O3. The largest absolute Gasteiger partial charge is 0.352 e. The van der Waals surface area contributed by atoms with Gasteiger partial charge in [-0.2, -0.15) is 0 Å². The molecule has 0 unspecified atom stereocenters. The van der Waals surface area contributed by atoms with Gasteiger partial charge in [-0.15, -0.1) is 0 Å². The van der Waals surface area contributed by atoms with Gasteiger partial charge in [0.05, 0.1) is 12.1 Å². The Morgan fingerprint density at radius 3 is 2.36 bits per heavy atom. The molecule has 0 amide bonds. The average molecular weight is 434 g/mol. The van der Waals surface area contributed by atoms with Crippen LogP contribution >= 0.6 is 0 Å². The van der Waals surface area contributed by atoms with E-state index in [1.807, 2.05) is 48.2 Å². The van der Waals surface area contributed by atoms with Crippen molar-refractivity contribution in [1.29, 1.82) is 0 Å². The normalized spacial score (nSPS) is 24.1. The smallest absolute Gasteiger partial charge is 0.180 e. The predicted octanol–water partition coefficient (Wildman–Crippen LogP) is 4.41. The highest BCUT2D eigenvalue weighted by Gasteiger charge is 2.71. The number of ketones is 3. The molecule has 1 saturated heterocycles. The van der Waals surface area contributed by atoms with Crippen LogP contribution in [-0.4, -0.2) is 34.4 Å². The number of rotatable bonds is 2. The van der Waals surface area contributed by atoms with Crippen molar-refractivity contribution in [2.75, 3.05) is 4.90 Å². The summed E-state index contributed by atoms with van der Waals surface area (Å²) in [5.74, 6) is -1.16. The fourth-order valence-corrected chi connectivity index (χ4v) is 6.16. The number of hydrogen-bond donors (Lipinski definition) is 0. The van der Waals surface area contributed by atoms with Crippen LogP contribution in [0.1, 0.15) is 50.2 Å². The molecule has 1 aromatic heterocycles. The molecule has 3 aliphatic rings. The van der Waals surface area contributed by atoms with Crippen LogP contribution < -0.4 is 4.90 Å². The maximum Gasteiger partial charge on any atom is 0.180 e. The molecule has 1 aliphatic carbocycles. The first kappa shape index (κ1) is 19.8. The standard InChI is InChI=1S/C28H22N2O3/c1-16-9-10-18-11-12-23-28(26(32)20-7-3-4-8-21(20)27(28)33)24(19-6-5-13-29-15-19)25(17(2)31)30(23)22(18)14-16/h3-15,23-25H,1-2H3/t23-,24+,25+/m0/s1. The van der Waals surface area contributed by atoms with Crippen molar-refractivity contribution in [3.05, 3.63) is 101 Å². The molecule has 3 atom stereocenters. The van der Waals surface area contributed by atoms with Crippen molar-refractivity contribution < 1.29 is 14.4 Å². The highest BCUT2D eigenvalue weighted by atomic mass is 16.2. The second-order valence-electron chi connectivity index (χ2n) is 9.17. The molecule has 0 radical (unpaired) electrons. The van der Waals surface area contributed by atoms with Crippen LogP contribution in [-0.2, 0) is 4.79 Å². The highest BCUT2D eigenvalue weighted by Crippen LogP contribution is 2.60. The number of nitrogens with zero attached hydrogens (tertiary/aromatic N) is 2. The minimum atomic E-state index is -1.43. The summed E-state index contributed by atoms with van der Waals surface area (Å²) in [5, 5.41) is 0. The molecule has 5 heteroatoms. The zero-order chi connectivity index (χ0) is 22.9. The summed E-state index contributed by atoms with van der Waals surface area (Å²) >= 11 is 0. The third kappa shape index (κ3) is 2.42. The first-order chi connectivity index (χ1) is 16.0. The Labute approximate surface area is 191 Å². The number of fused-ring (bicyclic) bond motifs is 5. The monoisotopic (exact) mass is 434 g/mol. The van der Waals surface area contributed by atoms with E-state index in [0.29, 0.717) is 11.1 Å². The quantitative estimate of drug-likeness (QED) is 0.559. The number of carbonyl (C=O) groups is 3. The van der Waals surface area contributed by atoms with Crippen LogP contribution in [0.3, 0.4) is 0 Å². The van der Waals surface area contributed by atoms with Crippen molar-refractivity contribution >= 4 is 29.1 Å². The van der Waals surface area contributed by atoms with Crippen molar-refractivity contribution in [2.24, 2.45) is 5.41 Å². The van der Waals surface area contributed by atoms with Gasteiger partial charge in [0, 0.05) is 35.1 Å². The topological polar surface area (TPSA) is 67.3 Å². The summed E-state index contributed by atoms with van der Waals surface area (Å²) in [4.78, 5) is 48.0. The molecule has 2 aromatic carbocycles. The van der Waals surface area contributed by atoms with E-state index in [9.17, 15) is 14.4 Å². The van der Waals surface area contributed by atoms with Crippen molar-refractivity contribution in [3.8, 4) is 0 Å². The number of aryl methyl sites for hydroxylation is 1. The number of aromatic nitrogens is 1. The first-order valence-corrected chi connectivity index (χ1v) is 11.1. The van der Waals surface area contributed by atoms with Gasteiger partial charge in [0.1, 0.15) is 5.41 Å². The maximum absolute atomic E-state index is 14.2. The Kier molecular flexibility index (Phi) is 4.09. The average Bonchev–Trinajstić information content (AvgIpc) is 3.27. The van der Waals surface area contributed by atoms with Crippen LogP contribution in [0.2, 0.25) is 0 Å². The van der Waals surface area contributed by atoms with Gasteiger partial charge in [-0.3, -0.25) is 19.4 Å². The maximum atomic E-state index is 14.2. The van der Waals surface area contributed by atoms with Crippen LogP contribution in [0.15, 0.2) is 73.1 Å². The van der Waals surface area contributed by atoms with Crippen molar-refractivity contribution in [1.82, 2.24) is 4.98 Å². The van der Waals surface area contributed by atoms with E-state index < -0.39 is 23.4 Å². The van der Waals surface area contributed by atoms with E-state index in [0.717, 1.165) is 22.4 Å². The fraction of sp³-hybridized carbons (Fsp3) is 0.214. The minimum absolute atomic E-state index is 0.0787. The Morgan fingerprint density at radius 2 is 1.73 bits per heavy atom. The minimum Gasteiger partial charge on any atom is -0.352 e. The van der Waals surface area contributed by atoms with Gasteiger partial charge >= 0.3 is 0 Å². The number of Topliss-reactive ketones (excluding diaryl/α,β-unsaturated/α-hetero) is 3. The molecule has 1 fully saturated rings. The zero-order valence-electron chi connectivity index (χ0n) is 18.4. The lowest BCUT2D eigenvalue weighted by Crippen LogP contribution is -2.48. The Morgan fingerprint density at radius 1 is 1.00 bits per heavy atom. The van der Waals surface area contributed by atoms with Crippen LogP contribution in [0.5, 0.6) is 0 Å². The summed E-state index contributed by atoms with van der Waals surface area (Å²) in [6, 6.07) is 15.5. The lowest BCUT2D eigenvalue weighted by Gasteiger charge is -2.37. The molecule has 1 spiro atoms. The van der Waals surface area contributed by atoms with Gasteiger partial charge < -0.3 is 4.90 Å². The number of hydrogen-bond acceptors (Lipinski definition) is 5. The van der Waals surface area contributed by atoms with Gasteiger partial charge in [0.2, 0.25) is 0 Å². The lowest BCUT2D eigenvalue weighted by atomic mass is 9.64. The molecule has 6 rings (SSSR count). The highest BCUT2D eigenvalue weighted by molar-refractivity contribution is 6.32. The van der Waals surface area contributed by atoms with Gasteiger partial charge in [0.25, 0.3) is 0 Å². The van der Waals surface area contributed by atoms with E-state index in [1.54, 1.807) is 49.6 Å². The van der Waals surface area contributed by atoms with Gasteiger partial charge in [-0.25, -0.2) is 0 Å². The number of pyridine rings is 1. The molecule has 162 valence electrons. The third-order valence-electron chi connectivity index (χ3n) is 7.42. The van der Waals surface area contributed by atoms with Gasteiger partial charge in [0.15, 0.2) is 17.3 Å². The van der Waals surface area contributed by atoms with E-state index in [1.165, 1.54) is 0 Å². The van der Waals surface area contributed by atoms with Gasteiger partial charge in [-0.1, -0.05) is 54.6 Å². The molecule has 2 aliphatic heterocycles. The molecule has 3 heterocycles. The van der Waals surface area contributed by atoms with Crippen LogP contribution in [0.4, 0.5) is 5.69 Å². The molecule has 0 N–H and O–H groups in total. The van der Waals surface area contributed by atoms with E-state index in [4.69, 9.17) is 0 Å². The van der Waals surface area contributed by atoms with E-state index >= 15 is 0 Å². The lowest BCUT2D eigenvalue weighted by molar-refractivity contribution is -0.118. The third-order valence-corrected chi connectivity index (χ3v) is 7.42. The SMILES string of the molecule is CC(=O)[C@@H]1[C@@H](c2cccnc2)C2(C(=O)c3ccccc3C2=O)[C@@H]2C=Cc3ccc(C)cc3N12. The van der Waals surface area contributed by atoms with Crippen LogP contribution in [0, 0.1) is 12.3 Å². The summed E-state index contributed by atoms with van der Waals surface area (Å²) < 4.78 is 0. The molecule has 33 heavy (non-hydrogen) atoms. The van der Waals surface area contributed by atoms with Crippen LogP contribution in [0.25, 0.3) is 6.08 Å². The van der Waals surface area contributed by atoms with Gasteiger partial charge in [-0.05, 0) is 42.7 Å². The first-order valence-electron chi connectivity index (χ1n) is 11.1. The van der Waals surface area contributed by atoms with E-state index in [2.05, 4.69) is 4.98 Å². The van der Waals surface area contributed by atoms with Crippen molar-refractivity contribution in [3.63, 3.8) is 0 Å². The number of anilines is 1. The Hall–Kier alpha value is -3.86. The molecule has 3 aromatic rings. The summed E-state index contributed by atoms with van der Waals surface area (Å²) in [5.41, 5.74) is 3.07. The second kappa shape index (κ2) is 6.82. The Balaban J connectivity index is 1.69. The predicted molar refractivity (Wildman–Crippen MR) is 125 cm³/mol. The zero-order valence-corrected chi connectivity index (χ0v) is 18.4. The molecule has 0 saturated carbocycles. The summed E-state index contributed by atoms with van der Waals surface area (Å²) in [6.45, 7) is 3.55. The van der Waals surface area contributed by atoms with Crippen molar-refractivity contribution in [2.45, 2.75) is 31.8 Å². The molecule has 0 bridgehead atoms. The summed E-state index contributed by atoms with van der Waals surface area (Å²) in [6.07, 6.45) is 7.26.